The van der Waals surface area contributed by atoms with Gasteiger partial charge in [-0.3, -0.25) is 0 Å². The van der Waals surface area contributed by atoms with Crippen molar-refractivity contribution in [3.05, 3.63) is 23.9 Å². The normalized spacial score (nSPS) is 29.0. The number of aliphatic hydroxyl groups is 1. The van der Waals surface area contributed by atoms with Crippen molar-refractivity contribution in [2.75, 3.05) is 0 Å². The number of pyridine rings is 1. The van der Waals surface area contributed by atoms with E-state index in [1.54, 1.807) is 6.07 Å². The molecule has 1 aliphatic rings. The minimum Gasteiger partial charge on any atom is -0.474 e. The van der Waals surface area contributed by atoms with Crippen LogP contribution in [0.2, 0.25) is 0 Å². The molecule has 1 aromatic heterocycles. The van der Waals surface area contributed by atoms with E-state index in [-0.39, 0.29) is 24.9 Å². The summed E-state index contributed by atoms with van der Waals surface area (Å²) >= 11 is 0. The predicted octanol–water partition coefficient (Wildman–Crippen LogP) is 1.91. The lowest BCUT2D eigenvalue weighted by Crippen LogP contribution is -2.35. The van der Waals surface area contributed by atoms with Gasteiger partial charge in [-0.2, -0.15) is 0 Å². The summed E-state index contributed by atoms with van der Waals surface area (Å²) in [5.74, 6) is 0.586. The maximum absolute atomic E-state index is 9.01. The second-order valence-corrected chi connectivity index (χ2v) is 4.59. The molecule has 0 saturated carbocycles. The minimum absolute atomic E-state index is 0.0578. The zero-order valence-electron chi connectivity index (χ0n) is 10.3. The Labute approximate surface area is 102 Å². The van der Waals surface area contributed by atoms with Crippen molar-refractivity contribution in [3.63, 3.8) is 0 Å². The molecule has 4 nitrogen and oxygen atoms in total. The van der Waals surface area contributed by atoms with Crippen LogP contribution < -0.4 is 4.74 Å². The fraction of sp³-hybridized carbons (Fsp3) is 0.615. The first-order valence-corrected chi connectivity index (χ1v) is 6.06. The third kappa shape index (κ3) is 3.41. The molecule has 1 aliphatic heterocycles. The van der Waals surface area contributed by atoms with E-state index in [2.05, 4.69) is 18.8 Å². The van der Waals surface area contributed by atoms with Gasteiger partial charge >= 0.3 is 0 Å². The van der Waals surface area contributed by atoms with E-state index < -0.39 is 0 Å². The Morgan fingerprint density at radius 1 is 1.35 bits per heavy atom. The molecule has 2 rings (SSSR count). The second kappa shape index (κ2) is 5.47. The summed E-state index contributed by atoms with van der Waals surface area (Å²) < 4.78 is 11.5. The van der Waals surface area contributed by atoms with Crippen molar-refractivity contribution in [2.24, 2.45) is 0 Å². The van der Waals surface area contributed by atoms with Crippen LogP contribution in [0.1, 0.15) is 32.4 Å². The van der Waals surface area contributed by atoms with E-state index in [4.69, 9.17) is 14.6 Å². The number of hydrogen-bond donors (Lipinski definition) is 1. The van der Waals surface area contributed by atoms with Crippen LogP contribution in [-0.4, -0.2) is 28.4 Å². The van der Waals surface area contributed by atoms with Crippen molar-refractivity contribution in [2.45, 2.75) is 51.6 Å². The van der Waals surface area contributed by atoms with Crippen LogP contribution in [0.5, 0.6) is 5.88 Å². The van der Waals surface area contributed by atoms with Gasteiger partial charge in [0.2, 0.25) is 5.88 Å². The summed E-state index contributed by atoms with van der Waals surface area (Å²) in [7, 11) is 0. The van der Waals surface area contributed by atoms with E-state index in [1.165, 1.54) is 0 Å². The van der Waals surface area contributed by atoms with E-state index in [1.807, 2.05) is 12.1 Å². The smallest absolute Gasteiger partial charge is 0.213 e. The van der Waals surface area contributed by atoms with Crippen LogP contribution in [0, 0.1) is 0 Å². The Morgan fingerprint density at radius 3 is 2.71 bits per heavy atom. The lowest BCUT2D eigenvalue weighted by Gasteiger charge is -2.31. The third-order valence-corrected chi connectivity index (χ3v) is 2.88. The quantitative estimate of drug-likeness (QED) is 0.872. The zero-order valence-corrected chi connectivity index (χ0v) is 10.3. The maximum Gasteiger partial charge on any atom is 0.213 e. The average Bonchev–Trinajstić information content (AvgIpc) is 2.28. The summed E-state index contributed by atoms with van der Waals surface area (Å²) in [6.07, 6.45) is 2.37. The Morgan fingerprint density at radius 2 is 2.06 bits per heavy atom. The topological polar surface area (TPSA) is 51.6 Å². The van der Waals surface area contributed by atoms with Gasteiger partial charge in [-0.05, 0) is 19.9 Å². The summed E-state index contributed by atoms with van der Waals surface area (Å²) in [4.78, 5) is 4.22. The minimum atomic E-state index is -0.0578. The first kappa shape index (κ1) is 12.3. The lowest BCUT2D eigenvalue weighted by molar-refractivity contribution is -0.0730. The molecular weight excluding hydrogens is 218 g/mol. The Hall–Kier alpha value is -1.13. The monoisotopic (exact) mass is 237 g/mol. The van der Waals surface area contributed by atoms with Gasteiger partial charge in [-0.1, -0.05) is 6.07 Å². The van der Waals surface area contributed by atoms with Crippen LogP contribution in [0.25, 0.3) is 0 Å². The largest absolute Gasteiger partial charge is 0.474 e. The maximum atomic E-state index is 9.01. The molecule has 1 saturated heterocycles. The average molecular weight is 237 g/mol. The summed E-state index contributed by atoms with van der Waals surface area (Å²) in [5.41, 5.74) is 0.635. The van der Waals surface area contributed by atoms with Gasteiger partial charge in [0.05, 0.1) is 24.5 Å². The van der Waals surface area contributed by atoms with Gasteiger partial charge in [0.1, 0.15) is 6.10 Å². The van der Waals surface area contributed by atoms with Gasteiger partial charge < -0.3 is 14.6 Å². The molecule has 0 radical (unpaired) electrons. The summed E-state index contributed by atoms with van der Waals surface area (Å²) in [6, 6.07) is 5.45. The van der Waals surface area contributed by atoms with Crippen LogP contribution in [0.3, 0.4) is 0 Å². The SMILES string of the molecule is CC1CC(Oc2cccc(CO)n2)CC(C)O1. The molecule has 0 aliphatic carbocycles. The summed E-state index contributed by atoms with van der Waals surface area (Å²) in [6.45, 7) is 4.06. The van der Waals surface area contributed by atoms with Crippen LogP contribution in [0.15, 0.2) is 18.2 Å². The molecular formula is C13H19NO3. The molecule has 2 heterocycles. The van der Waals surface area contributed by atoms with Crippen molar-refractivity contribution < 1.29 is 14.6 Å². The highest BCUT2D eigenvalue weighted by Gasteiger charge is 2.26. The zero-order chi connectivity index (χ0) is 12.3. The Kier molecular flexibility index (Phi) is 3.97. The molecule has 4 heteroatoms. The fourth-order valence-electron chi connectivity index (χ4n) is 2.22. The molecule has 0 bridgehead atoms. The lowest BCUT2D eigenvalue weighted by atomic mass is 10.0. The van der Waals surface area contributed by atoms with E-state index in [9.17, 15) is 0 Å². The molecule has 94 valence electrons. The first-order chi connectivity index (χ1) is 8.17. The third-order valence-electron chi connectivity index (χ3n) is 2.88. The van der Waals surface area contributed by atoms with Gasteiger partial charge in [0.15, 0.2) is 0 Å². The van der Waals surface area contributed by atoms with Crippen LogP contribution in [-0.2, 0) is 11.3 Å². The number of aliphatic hydroxyl groups excluding tert-OH is 1. The summed E-state index contributed by atoms with van der Waals surface area (Å²) in [5, 5.41) is 9.01. The number of hydrogen-bond acceptors (Lipinski definition) is 4. The van der Waals surface area contributed by atoms with Crippen LogP contribution in [0.4, 0.5) is 0 Å². The Balaban J connectivity index is 1.99. The van der Waals surface area contributed by atoms with Gasteiger partial charge in [0.25, 0.3) is 0 Å². The van der Waals surface area contributed by atoms with Gasteiger partial charge in [-0.15, -0.1) is 0 Å². The molecule has 1 aromatic rings. The molecule has 1 fully saturated rings. The molecule has 0 amide bonds. The first-order valence-electron chi connectivity index (χ1n) is 6.06. The number of nitrogens with zero attached hydrogens (tertiary/aromatic N) is 1. The van der Waals surface area contributed by atoms with E-state index in [0.717, 1.165) is 12.8 Å². The molecule has 0 spiro atoms. The van der Waals surface area contributed by atoms with E-state index in [0.29, 0.717) is 11.6 Å². The van der Waals surface area contributed by atoms with Crippen molar-refractivity contribution in [1.82, 2.24) is 4.98 Å². The predicted molar refractivity (Wildman–Crippen MR) is 63.8 cm³/mol. The van der Waals surface area contributed by atoms with Gasteiger partial charge in [-0.25, -0.2) is 4.98 Å². The molecule has 2 unspecified atom stereocenters. The Bertz CT molecular complexity index is 359. The van der Waals surface area contributed by atoms with Crippen molar-refractivity contribution in [3.8, 4) is 5.88 Å². The van der Waals surface area contributed by atoms with Crippen molar-refractivity contribution >= 4 is 0 Å². The van der Waals surface area contributed by atoms with E-state index >= 15 is 0 Å². The standard InChI is InChI=1S/C13H19NO3/c1-9-6-12(7-10(2)16-9)17-13-5-3-4-11(8-15)14-13/h3-5,9-10,12,15H,6-8H2,1-2H3. The fourth-order valence-corrected chi connectivity index (χ4v) is 2.22. The number of ether oxygens (including phenoxy) is 2. The highest BCUT2D eigenvalue weighted by molar-refractivity contribution is 5.15. The molecule has 17 heavy (non-hydrogen) atoms. The van der Waals surface area contributed by atoms with Crippen LogP contribution >= 0.6 is 0 Å². The van der Waals surface area contributed by atoms with Gasteiger partial charge in [0, 0.05) is 18.9 Å². The van der Waals surface area contributed by atoms with Crippen molar-refractivity contribution in [1.29, 1.82) is 0 Å². The highest BCUT2D eigenvalue weighted by Crippen LogP contribution is 2.23. The molecule has 2 atom stereocenters. The second-order valence-electron chi connectivity index (χ2n) is 4.59. The molecule has 0 aromatic carbocycles. The molecule has 1 N–H and O–H groups in total. The highest BCUT2D eigenvalue weighted by atomic mass is 16.5. The number of aromatic nitrogens is 1. The number of rotatable bonds is 3.